The normalized spacial score (nSPS) is 12.0. The predicted octanol–water partition coefficient (Wildman–Crippen LogP) is 3.74. The number of aromatic nitrogens is 1. The SMILES string of the molecule is CCc1cc([N+](=O)[O-])c([P+](=O)[O-])cc1Oc1ncc(C(F)(F)F)cc1Cl. The van der Waals surface area contributed by atoms with Crippen LogP contribution in [0.2, 0.25) is 5.02 Å². The number of rotatable bonds is 5. The molecule has 7 nitrogen and oxygen atoms in total. The van der Waals surface area contributed by atoms with Crippen molar-refractivity contribution in [2.75, 3.05) is 0 Å². The third kappa shape index (κ3) is 4.27. The molecule has 1 aromatic carbocycles. The summed E-state index contributed by atoms with van der Waals surface area (Å²) in [4.78, 5) is 24.9. The summed E-state index contributed by atoms with van der Waals surface area (Å²) in [5, 5.41) is 9.96. The molecule has 2 aromatic rings. The molecule has 0 aliphatic carbocycles. The van der Waals surface area contributed by atoms with Crippen LogP contribution in [-0.4, -0.2) is 9.91 Å². The average molecular weight is 409 g/mol. The van der Waals surface area contributed by atoms with Gasteiger partial charge in [-0.25, -0.2) is 4.98 Å². The van der Waals surface area contributed by atoms with Gasteiger partial charge >= 0.3 is 19.9 Å². The fraction of sp³-hybridized carbons (Fsp3) is 0.214. The van der Waals surface area contributed by atoms with Crippen LogP contribution in [0.25, 0.3) is 0 Å². The number of nitro benzene ring substituents is 1. The smallest absolute Gasteiger partial charge is 0.417 e. The molecular formula is C14H9ClF3N2O5P. The summed E-state index contributed by atoms with van der Waals surface area (Å²) in [6.45, 7) is 1.63. The van der Waals surface area contributed by atoms with E-state index in [0.717, 1.165) is 12.1 Å². The van der Waals surface area contributed by atoms with Crippen molar-refractivity contribution in [1.82, 2.24) is 4.98 Å². The first-order valence-electron chi connectivity index (χ1n) is 6.90. The number of nitrogens with zero attached hydrogens (tertiary/aromatic N) is 2. The number of hydrogen-bond donors (Lipinski definition) is 0. The Bertz CT molecular complexity index is 892. The topological polar surface area (TPSA) is 105 Å². The Morgan fingerprint density at radius 1 is 1.35 bits per heavy atom. The maximum Gasteiger partial charge on any atom is 0.417 e. The quantitative estimate of drug-likeness (QED) is 0.424. The molecule has 0 bridgehead atoms. The van der Waals surface area contributed by atoms with E-state index < -0.39 is 46.6 Å². The van der Waals surface area contributed by atoms with Crippen LogP contribution in [0.4, 0.5) is 18.9 Å². The van der Waals surface area contributed by atoms with Gasteiger partial charge in [-0.3, -0.25) is 10.1 Å². The van der Waals surface area contributed by atoms with Crippen molar-refractivity contribution in [3.05, 3.63) is 50.7 Å². The third-order valence-electron chi connectivity index (χ3n) is 3.27. The van der Waals surface area contributed by atoms with Crippen LogP contribution < -0.4 is 14.9 Å². The Morgan fingerprint density at radius 2 is 2.00 bits per heavy atom. The van der Waals surface area contributed by atoms with E-state index in [9.17, 15) is 32.7 Å². The first-order chi connectivity index (χ1) is 12.0. The Hall–Kier alpha value is -2.29. The van der Waals surface area contributed by atoms with Gasteiger partial charge < -0.3 is 9.63 Å². The molecule has 0 aliphatic heterocycles. The molecular weight excluding hydrogens is 400 g/mol. The minimum absolute atomic E-state index is 0.110. The van der Waals surface area contributed by atoms with Gasteiger partial charge in [-0.05, 0) is 12.5 Å². The summed E-state index contributed by atoms with van der Waals surface area (Å²) in [7, 11) is -3.31. The van der Waals surface area contributed by atoms with Gasteiger partial charge in [0.2, 0.25) is 5.88 Å². The number of pyridine rings is 1. The van der Waals surface area contributed by atoms with Crippen molar-refractivity contribution in [2.24, 2.45) is 0 Å². The zero-order chi connectivity index (χ0) is 19.6. The van der Waals surface area contributed by atoms with Crippen LogP contribution in [-0.2, 0) is 17.2 Å². The van der Waals surface area contributed by atoms with Gasteiger partial charge in [-0.2, -0.15) is 13.2 Å². The van der Waals surface area contributed by atoms with Gasteiger partial charge in [0.05, 0.1) is 10.5 Å². The predicted molar refractivity (Wildman–Crippen MR) is 84.0 cm³/mol. The molecule has 0 aliphatic rings. The van der Waals surface area contributed by atoms with Crippen LogP contribution in [0.1, 0.15) is 18.1 Å². The summed E-state index contributed by atoms with van der Waals surface area (Å²) < 4.78 is 54.5. The van der Waals surface area contributed by atoms with Crippen molar-refractivity contribution in [1.29, 1.82) is 0 Å². The van der Waals surface area contributed by atoms with Crippen molar-refractivity contribution in [3.63, 3.8) is 0 Å². The number of hydrogen-bond acceptors (Lipinski definition) is 6. The van der Waals surface area contributed by atoms with E-state index in [4.69, 9.17) is 16.3 Å². The van der Waals surface area contributed by atoms with Gasteiger partial charge in [0.1, 0.15) is 10.8 Å². The molecule has 138 valence electrons. The highest BCUT2D eigenvalue weighted by molar-refractivity contribution is 7.46. The number of nitro groups is 1. The summed E-state index contributed by atoms with van der Waals surface area (Å²) in [6.07, 6.45) is -3.91. The van der Waals surface area contributed by atoms with Gasteiger partial charge in [0, 0.05) is 23.9 Å². The van der Waals surface area contributed by atoms with Gasteiger partial charge in [-0.1, -0.05) is 23.1 Å². The molecule has 1 aromatic heterocycles. The monoisotopic (exact) mass is 408 g/mol. The van der Waals surface area contributed by atoms with Crippen LogP contribution in [0, 0.1) is 10.1 Å². The van der Waals surface area contributed by atoms with Crippen molar-refractivity contribution < 1.29 is 32.3 Å². The number of benzene rings is 1. The van der Waals surface area contributed by atoms with Gasteiger partial charge in [-0.15, -0.1) is 0 Å². The fourth-order valence-corrected chi connectivity index (χ4v) is 2.79. The van der Waals surface area contributed by atoms with Crippen molar-refractivity contribution in [3.8, 4) is 11.6 Å². The van der Waals surface area contributed by atoms with Gasteiger partial charge in [0.25, 0.3) is 5.30 Å². The van der Waals surface area contributed by atoms with Gasteiger partial charge in [0.15, 0.2) is 0 Å². The zero-order valence-corrected chi connectivity index (χ0v) is 14.6. The highest BCUT2D eigenvalue weighted by Gasteiger charge is 2.32. The lowest BCUT2D eigenvalue weighted by molar-refractivity contribution is -0.383. The second-order valence-electron chi connectivity index (χ2n) is 4.93. The molecule has 0 saturated carbocycles. The molecule has 1 atom stereocenters. The number of aryl methyl sites for hydroxylation is 1. The van der Waals surface area contributed by atoms with Crippen LogP contribution in [0.15, 0.2) is 24.4 Å². The van der Waals surface area contributed by atoms with E-state index in [1.807, 2.05) is 0 Å². The minimum atomic E-state index is -4.65. The molecule has 2 rings (SSSR count). The number of ether oxygens (including phenoxy) is 1. The van der Waals surface area contributed by atoms with E-state index >= 15 is 0 Å². The Balaban J connectivity index is 2.51. The molecule has 0 fully saturated rings. The van der Waals surface area contributed by atoms with E-state index in [0.29, 0.717) is 12.3 Å². The fourth-order valence-electron chi connectivity index (χ4n) is 2.02. The van der Waals surface area contributed by atoms with E-state index in [1.165, 1.54) is 0 Å². The lowest BCUT2D eigenvalue weighted by Gasteiger charge is -2.12. The lowest BCUT2D eigenvalue weighted by Crippen LogP contribution is -2.12. The van der Waals surface area contributed by atoms with E-state index in [1.54, 1.807) is 6.92 Å². The largest absolute Gasteiger partial charge is 0.591 e. The minimum Gasteiger partial charge on any atom is -0.591 e. The summed E-state index contributed by atoms with van der Waals surface area (Å²) >= 11 is 5.75. The zero-order valence-electron chi connectivity index (χ0n) is 12.9. The van der Waals surface area contributed by atoms with Crippen LogP contribution in [0.3, 0.4) is 0 Å². The number of halogens is 4. The highest BCUT2D eigenvalue weighted by Crippen LogP contribution is 2.36. The van der Waals surface area contributed by atoms with Crippen LogP contribution in [0.5, 0.6) is 11.6 Å². The molecule has 0 N–H and O–H groups in total. The molecule has 26 heavy (non-hydrogen) atoms. The van der Waals surface area contributed by atoms with E-state index in [-0.39, 0.29) is 17.7 Å². The van der Waals surface area contributed by atoms with Crippen molar-refractivity contribution >= 4 is 30.6 Å². The Kier molecular flexibility index (Phi) is 5.80. The lowest BCUT2D eigenvalue weighted by atomic mass is 10.1. The standard InChI is InChI=1S/C14H9ClF3N2O5P/c1-2-7-3-10(20(21)22)12(26(23)24)5-11(7)25-13-9(15)4-8(6-19-13)14(16,17)18/h3-6H,2H2,1H3. The molecule has 0 amide bonds. The average Bonchev–Trinajstić information content (AvgIpc) is 2.54. The Morgan fingerprint density at radius 3 is 2.46 bits per heavy atom. The van der Waals surface area contributed by atoms with Crippen molar-refractivity contribution in [2.45, 2.75) is 19.5 Å². The molecule has 0 saturated heterocycles. The molecule has 12 heteroatoms. The number of alkyl halides is 3. The summed E-state index contributed by atoms with van der Waals surface area (Å²) in [6, 6.07) is 2.54. The first kappa shape index (κ1) is 20.0. The first-order valence-corrected chi connectivity index (χ1v) is 8.46. The molecule has 0 radical (unpaired) electrons. The Labute approximate surface area is 150 Å². The van der Waals surface area contributed by atoms with Crippen LogP contribution >= 0.6 is 19.6 Å². The summed E-state index contributed by atoms with van der Waals surface area (Å²) in [5.41, 5.74) is -1.45. The third-order valence-corrected chi connectivity index (χ3v) is 4.30. The molecule has 0 spiro atoms. The second-order valence-corrected chi connectivity index (χ2v) is 6.33. The molecule has 1 heterocycles. The highest BCUT2D eigenvalue weighted by atomic mass is 35.5. The maximum absolute atomic E-state index is 12.6. The summed E-state index contributed by atoms with van der Waals surface area (Å²) in [5.74, 6) is -0.503. The second kappa shape index (κ2) is 7.53. The van der Waals surface area contributed by atoms with E-state index in [2.05, 4.69) is 4.98 Å². The molecule has 1 unspecified atom stereocenters. The maximum atomic E-state index is 12.6.